The first kappa shape index (κ1) is 52.2. The summed E-state index contributed by atoms with van der Waals surface area (Å²) in [4.78, 5) is 45.8. The second-order valence-electron chi connectivity index (χ2n) is 14.9. The molecule has 0 aromatic rings. The number of aliphatic carboxylic acids is 1. The first-order valence-corrected chi connectivity index (χ1v) is 23.2. The van der Waals surface area contributed by atoms with Crippen molar-refractivity contribution in [1.29, 1.82) is 0 Å². The summed E-state index contributed by atoms with van der Waals surface area (Å²) in [5, 5.41) is 21.8. The maximum Gasteiger partial charge on any atom is 0.472 e. The molecule has 318 valence electrons. The number of rotatable bonds is 41. The molecule has 0 rings (SSSR count). The fourth-order valence-corrected chi connectivity index (χ4v) is 6.91. The Balaban J connectivity index is 3.87. The van der Waals surface area contributed by atoms with Gasteiger partial charge in [0.15, 0.2) is 6.04 Å². The van der Waals surface area contributed by atoms with Crippen LogP contribution in [0.3, 0.4) is 0 Å². The molecule has 4 N–H and O–H groups in total. The third kappa shape index (κ3) is 37.2. The Morgan fingerprint density at radius 2 is 0.963 bits per heavy atom. The lowest BCUT2D eigenvalue weighted by molar-refractivity contribution is -0.147. The minimum absolute atomic E-state index is 0.138. The number of carboxylic acid groups (broad SMARTS) is 1. The number of nitrogens with one attached hydrogen (secondary N) is 1. The Morgan fingerprint density at radius 1 is 0.574 bits per heavy atom. The zero-order valence-corrected chi connectivity index (χ0v) is 35.2. The van der Waals surface area contributed by atoms with Gasteiger partial charge in [-0.15, -0.1) is 0 Å². The predicted octanol–water partition coefficient (Wildman–Crippen LogP) is 10.9. The Morgan fingerprint density at radius 3 is 1.43 bits per heavy atom. The van der Waals surface area contributed by atoms with Crippen molar-refractivity contribution in [3.05, 3.63) is 12.2 Å². The molecule has 0 heterocycles. The van der Waals surface area contributed by atoms with Gasteiger partial charge in [0.1, 0.15) is 12.7 Å². The van der Waals surface area contributed by atoms with Gasteiger partial charge in [0.05, 0.1) is 13.2 Å². The topological polar surface area (TPSA) is 169 Å². The van der Waals surface area contributed by atoms with E-state index in [9.17, 15) is 34.1 Å². The molecule has 0 aliphatic carbocycles. The molecule has 11 nitrogen and oxygen atoms in total. The Bertz CT molecular complexity index is 979. The monoisotopic (exact) mass is 790 g/mol. The van der Waals surface area contributed by atoms with Crippen molar-refractivity contribution in [3.8, 4) is 0 Å². The number of aliphatic hydroxyl groups is 1. The highest BCUT2D eigenvalue weighted by molar-refractivity contribution is 7.47. The fourth-order valence-electron chi connectivity index (χ4n) is 6.13. The quantitative estimate of drug-likeness (QED) is 0.0202. The van der Waals surface area contributed by atoms with Crippen LogP contribution >= 0.6 is 7.82 Å². The van der Waals surface area contributed by atoms with Gasteiger partial charge in [-0.3, -0.25) is 18.6 Å². The molecular formula is C42H80NO10P. The Kier molecular flexibility index (Phi) is 36.9. The summed E-state index contributed by atoms with van der Waals surface area (Å²) in [6, 6.07) is -1.55. The number of phosphoric acid groups is 1. The summed E-state index contributed by atoms with van der Waals surface area (Å²) in [6.45, 7) is 2.58. The highest BCUT2D eigenvalue weighted by Crippen LogP contribution is 2.43. The van der Waals surface area contributed by atoms with Gasteiger partial charge in [-0.05, 0) is 38.5 Å². The molecule has 0 saturated carbocycles. The molecule has 0 spiro atoms. The molecule has 0 bridgehead atoms. The molecule has 0 aromatic carbocycles. The number of allylic oxidation sites excluding steroid dienone is 2. The maximum absolute atomic E-state index is 12.3. The number of unbranched alkanes of at least 4 members (excludes halogenated alkanes) is 25. The van der Waals surface area contributed by atoms with E-state index in [0.717, 1.165) is 57.8 Å². The van der Waals surface area contributed by atoms with Gasteiger partial charge in [0.25, 0.3) is 0 Å². The Labute approximate surface area is 328 Å². The summed E-state index contributed by atoms with van der Waals surface area (Å²) in [5.41, 5.74) is 0. The highest BCUT2D eigenvalue weighted by atomic mass is 31.2. The number of carbonyl (C=O) groups is 3. The van der Waals surface area contributed by atoms with E-state index in [1.165, 1.54) is 109 Å². The molecule has 12 heteroatoms. The van der Waals surface area contributed by atoms with Crippen LogP contribution < -0.4 is 5.32 Å². The lowest BCUT2D eigenvalue weighted by Crippen LogP contribution is -2.43. The number of aliphatic hydroxyl groups excluding tert-OH is 1. The van der Waals surface area contributed by atoms with E-state index >= 15 is 0 Å². The molecule has 1 amide bonds. The number of esters is 1. The first-order valence-electron chi connectivity index (χ1n) is 21.7. The van der Waals surface area contributed by atoms with Crippen LogP contribution in [0.5, 0.6) is 0 Å². The van der Waals surface area contributed by atoms with Crippen molar-refractivity contribution in [2.75, 3.05) is 19.8 Å². The highest BCUT2D eigenvalue weighted by Gasteiger charge is 2.28. The SMILES string of the molecule is CCCCCC/C=C\CCCCCCCC(=O)NC(COP(=O)(O)OCC(O)COC(=O)CCCCCCCCCCCCCCCCCCC)C(=O)O. The maximum atomic E-state index is 12.3. The van der Waals surface area contributed by atoms with E-state index in [1.54, 1.807) is 0 Å². The van der Waals surface area contributed by atoms with Crippen LogP contribution in [0.1, 0.15) is 206 Å². The number of amides is 1. The van der Waals surface area contributed by atoms with Gasteiger partial charge >= 0.3 is 19.8 Å². The normalized spacial score (nSPS) is 13.9. The summed E-state index contributed by atoms with van der Waals surface area (Å²) >= 11 is 0. The van der Waals surface area contributed by atoms with Gasteiger partial charge in [-0.1, -0.05) is 167 Å². The average Bonchev–Trinajstić information content (AvgIpc) is 3.14. The molecule has 3 unspecified atom stereocenters. The standard InChI is InChI=1S/C42H80NO10P/c1-3-5-7-9-11-13-15-17-18-19-20-22-24-26-28-30-32-34-41(46)51-35-38(44)36-52-54(49,50)53-37-39(42(47)48)43-40(45)33-31-29-27-25-23-21-16-14-12-10-8-6-4-2/h14,16,38-39,44H,3-13,15,17-37H2,1-2H3,(H,43,45)(H,47,48)(H,49,50)/b16-14-. The fraction of sp³-hybridized carbons (Fsp3) is 0.881. The summed E-state index contributed by atoms with van der Waals surface area (Å²) < 4.78 is 26.8. The first-order chi connectivity index (χ1) is 26.1. The molecule has 0 aliphatic heterocycles. The molecule has 54 heavy (non-hydrogen) atoms. The van der Waals surface area contributed by atoms with E-state index in [-0.39, 0.29) is 12.8 Å². The summed E-state index contributed by atoms with van der Waals surface area (Å²) in [5.74, 6) is -2.37. The predicted molar refractivity (Wildman–Crippen MR) is 217 cm³/mol. The van der Waals surface area contributed by atoms with Crippen LogP contribution in [0.25, 0.3) is 0 Å². The number of carbonyl (C=O) groups excluding carboxylic acids is 2. The molecular weight excluding hydrogens is 709 g/mol. The van der Waals surface area contributed by atoms with Gasteiger partial charge in [0, 0.05) is 12.8 Å². The molecule has 3 atom stereocenters. The third-order valence-electron chi connectivity index (χ3n) is 9.55. The minimum Gasteiger partial charge on any atom is -0.480 e. The van der Waals surface area contributed by atoms with E-state index < -0.39 is 57.6 Å². The van der Waals surface area contributed by atoms with Crippen LogP contribution in [0, 0.1) is 0 Å². The van der Waals surface area contributed by atoms with E-state index in [2.05, 4.69) is 31.3 Å². The average molecular weight is 790 g/mol. The van der Waals surface area contributed by atoms with Crippen LogP contribution in [0.15, 0.2) is 12.2 Å². The van der Waals surface area contributed by atoms with Crippen LogP contribution in [-0.2, 0) is 32.7 Å². The number of hydrogen-bond acceptors (Lipinski definition) is 8. The van der Waals surface area contributed by atoms with Gasteiger partial charge < -0.3 is 25.2 Å². The van der Waals surface area contributed by atoms with Gasteiger partial charge in [-0.2, -0.15) is 0 Å². The smallest absolute Gasteiger partial charge is 0.472 e. The lowest BCUT2D eigenvalue weighted by atomic mass is 10.0. The number of ether oxygens (including phenoxy) is 1. The number of phosphoric ester groups is 1. The summed E-state index contributed by atoms with van der Waals surface area (Å²) in [7, 11) is -4.75. The zero-order chi connectivity index (χ0) is 40.0. The number of carboxylic acids is 1. The molecule has 0 aromatic heterocycles. The summed E-state index contributed by atoms with van der Waals surface area (Å²) in [6.07, 6.45) is 36.6. The van der Waals surface area contributed by atoms with Crippen molar-refractivity contribution in [2.45, 2.75) is 219 Å². The second-order valence-corrected chi connectivity index (χ2v) is 16.3. The van der Waals surface area contributed by atoms with Gasteiger partial charge in [0.2, 0.25) is 5.91 Å². The Hall–Kier alpha value is -1.78. The van der Waals surface area contributed by atoms with Crippen molar-refractivity contribution < 1.29 is 47.8 Å². The largest absolute Gasteiger partial charge is 0.480 e. The third-order valence-corrected chi connectivity index (χ3v) is 10.5. The van der Waals surface area contributed by atoms with Crippen molar-refractivity contribution in [2.24, 2.45) is 0 Å². The zero-order valence-electron chi connectivity index (χ0n) is 34.3. The van der Waals surface area contributed by atoms with E-state index in [1.807, 2.05) is 0 Å². The molecule has 0 aliphatic rings. The lowest BCUT2D eigenvalue weighted by Gasteiger charge is -2.18. The van der Waals surface area contributed by atoms with Crippen LogP contribution in [0.2, 0.25) is 0 Å². The van der Waals surface area contributed by atoms with Crippen molar-refractivity contribution >= 4 is 25.7 Å². The van der Waals surface area contributed by atoms with E-state index in [4.69, 9.17) is 13.8 Å². The van der Waals surface area contributed by atoms with Crippen molar-refractivity contribution in [1.82, 2.24) is 5.32 Å². The van der Waals surface area contributed by atoms with Crippen LogP contribution in [0.4, 0.5) is 0 Å². The van der Waals surface area contributed by atoms with Crippen LogP contribution in [-0.4, -0.2) is 64.9 Å². The molecule has 0 saturated heterocycles. The number of hydrogen-bond donors (Lipinski definition) is 4. The molecule has 0 radical (unpaired) electrons. The molecule has 0 fully saturated rings. The second kappa shape index (κ2) is 38.1. The minimum atomic E-state index is -4.75. The van der Waals surface area contributed by atoms with E-state index in [0.29, 0.717) is 12.8 Å². The van der Waals surface area contributed by atoms with Gasteiger partial charge in [-0.25, -0.2) is 9.36 Å². The van der Waals surface area contributed by atoms with Crippen molar-refractivity contribution in [3.63, 3.8) is 0 Å².